The molecule has 1 unspecified atom stereocenters. The van der Waals surface area contributed by atoms with Crippen molar-refractivity contribution in [3.63, 3.8) is 0 Å². The molecule has 2 fully saturated rings. The van der Waals surface area contributed by atoms with Crippen LogP contribution in [-0.4, -0.2) is 41.5 Å². The van der Waals surface area contributed by atoms with E-state index in [-0.39, 0.29) is 17.9 Å². The summed E-state index contributed by atoms with van der Waals surface area (Å²) in [6.07, 6.45) is 7.92. The van der Waals surface area contributed by atoms with Crippen LogP contribution in [0, 0.1) is 5.92 Å². The van der Waals surface area contributed by atoms with E-state index < -0.39 is 0 Å². The van der Waals surface area contributed by atoms with E-state index in [1.54, 1.807) is 6.20 Å². The number of hydrogen-bond donors (Lipinski definition) is 2. The molecule has 0 spiro atoms. The zero-order valence-electron chi connectivity index (χ0n) is 11.7. The van der Waals surface area contributed by atoms with Gasteiger partial charge in [-0.2, -0.15) is 5.10 Å². The second kappa shape index (κ2) is 6.37. The van der Waals surface area contributed by atoms with Crippen molar-refractivity contribution in [3.05, 3.63) is 12.4 Å². The van der Waals surface area contributed by atoms with Crippen molar-refractivity contribution >= 4 is 11.6 Å². The lowest BCUT2D eigenvalue weighted by Crippen LogP contribution is -2.34. The smallest absolute Gasteiger partial charge is 0.227 e. The molecule has 1 atom stereocenters. The fraction of sp³-hybridized carbons (Fsp3) is 0.714. The lowest BCUT2D eigenvalue weighted by molar-refractivity contribution is -0.120. The van der Waals surface area contributed by atoms with E-state index in [1.807, 2.05) is 10.9 Å². The van der Waals surface area contributed by atoms with Crippen LogP contribution in [0.15, 0.2) is 12.4 Å². The number of hydrogen-bond acceptors (Lipinski definition) is 4. The molecular formula is C14H22N4O2. The Morgan fingerprint density at radius 1 is 1.45 bits per heavy atom. The number of aromatic nitrogens is 2. The van der Waals surface area contributed by atoms with Crippen molar-refractivity contribution in [2.45, 2.75) is 38.3 Å². The lowest BCUT2D eigenvalue weighted by atomic mass is 9.97. The molecule has 1 aromatic rings. The largest absolute Gasteiger partial charge is 0.376 e. The van der Waals surface area contributed by atoms with Gasteiger partial charge in [0.1, 0.15) is 0 Å². The quantitative estimate of drug-likeness (QED) is 0.862. The lowest BCUT2D eigenvalue weighted by Gasteiger charge is -2.21. The fourth-order valence-electron chi connectivity index (χ4n) is 2.85. The normalized spacial score (nSPS) is 23.9. The minimum atomic E-state index is 0.114. The third-order valence-electron chi connectivity index (χ3n) is 4.03. The molecule has 2 saturated heterocycles. The minimum Gasteiger partial charge on any atom is -0.376 e. The van der Waals surface area contributed by atoms with Crippen LogP contribution in [-0.2, 0) is 16.1 Å². The molecule has 0 radical (unpaired) electrons. The van der Waals surface area contributed by atoms with E-state index in [9.17, 15) is 4.79 Å². The summed E-state index contributed by atoms with van der Waals surface area (Å²) < 4.78 is 7.44. The Bertz CT molecular complexity index is 448. The molecule has 110 valence electrons. The van der Waals surface area contributed by atoms with Crippen LogP contribution in [0.5, 0.6) is 0 Å². The molecule has 1 aromatic heterocycles. The predicted molar refractivity (Wildman–Crippen MR) is 75.4 cm³/mol. The summed E-state index contributed by atoms with van der Waals surface area (Å²) in [5.41, 5.74) is 0.784. The van der Waals surface area contributed by atoms with Crippen LogP contribution in [0.2, 0.25) is 0 Å². The molecule has 20 heavy (non-hydrogen) atoms. The molecule has 3 heterocycles. The Balaban J connectivity index is 1.52. The number of anilines is 1. The average Bonchev–Trinajstić information content (AvgIpc) is 3.12. The molecule has 0 aliphatic carbocycles. The standard InChI is InChI=1S/C14H22N4O2/c19-14(11-3-5-15-6-4-11)17-12-8-16-18(9-12)10-13-2-1-7-20-13/h8-9,11,13,15H,1-7,10H2,(H,17,19). The highest BCUT2D eigenvalue weighted by atomic mass is 16.5. The van der Waals surface area contributed by atoms with Gasteiger partial charge in [0, 0.05) is 18.7 Å². The van der Waals surface area contributed by atoms with Gasteiger partial charge in [-0.3, -0.25) is 9.48 Å². The van der Waals surface area contributed by atoms with E-state index in [2.05, 4.69) is 15.7 Å². The maximum Gasteiger partial charge on any atom is 0.227 e. The second-order valence-corrected chi connectivity index (χ2v) is 5.60. The van der Waals surface area contributed by atoms with Gasteiger partial charge >= 0.3 is 0 Å². The maximum absolute atomic E-state index is 12.1. The number of carbonyl (C=O) groups excluding carboxylic acids is 1. The highest BCUT2D eigenvalue weighted by molar-refractivity contribution is 5.92. The Hall–Kier alpha value is -1.40. The van der Waals surface area contributed by atoms with E-state index in [0.717, 1.165) is 57.6 Å². The molecule has 2 aliphatic heterocycles. The average molecular weight is 278 g/mol. The highest BCUT2D eigenvalue weighted by Gasteiger charge is 2.21. The maximum atomic E-state index is 12.1. The van der Waals surface area contributed by atoms with Crippen molar-refractivity contribution < 1.29 is 9.53 Å². The van der Waals surface area contributed by atoms with Crippen LogP contribution in [0.25, 0.3) is 0 Å². The molecular weight excluding hydrogens is 256 g/mol. The number of carbonyl (C=O) groups is 1. The topological polar surface area (TPSA) is 68.2 Å². The van der Waals surface area contributed by atoms with E-state index in [1.165, 1.54) is 0 Å². The van der Waals surface area contributed by atoms with Gasteiger partial charge in [-0.1, -0.05) is 0 Å². The Kier molecular flexibility index (Phi) is 4.32. The number of piperidine rings is 1. The molecule has 3 rings (SSSR count). The van der Waals surface area contributed by atoms with Gasteiger partial charge in [-0.05, 0) is 38.8 Å². The number of nitrogens with one attached hydrogen (secondary N) is 2. The molecule has 1 amide bonds. The third-order valence-corrected chi connectivity index (χ3v) is 4.03. The monoisotopic (exact) mass is 278 g/mol. The van der Waals surface area contributed by atoms with Crippen molar-refractivity contribution in [1.29, 1.82) is 0 Å². The summed E-state index contributed by atoms with van der Waals surface area (Å²) in [4.78, 5) is 12.1. The highest BCUT2D eigenvalue weighted by Crippen LogP contribution is 2.17. The van der Waals surface area contributed by atoms with Crippen LogP contribution < -0.4 is 10.6 Å². The van der Waals surface area contributed by atoms with Gasteiger partial charge < -0.3 is 15.4 Å². The van der Waals surface area contributed by atoms with Crippen LogP contribution >= 0.6 is 0 Å². The zero-order valence-corrected chi connectivity index (χ0v) is 11.7. The van der Waals surface area contributed by atoms with E-state index >= 15 is 0 Å². The molecule has 0 saturated carbocycles. The molecule has 2 N–H and O–H groups in total. The second-order valence-electron chi connectivity index (χ2n) is 5.60. The van der Waals surface area contributed by atoms with Crippen LogP contribution in [0.1, 0.15) is 25.7 Å². The SMILES string of the molecule is O=C(Nc1cnn(CC2CCCO2)c1)C1CCNCC1. The van der Waals surface area contributed by atoms with Crippen molar-refractivity contribution in [2.24, 2.45) is 5.92 Å². The molecule has 2 aliphatic rings. The summed E-state index contributed by atoms with van der Waals surface area (Å²) in [6.45, 7) is 3.47. The van der Waals surface area contributed by atoms with Gasteiger partial charge in [0.05, 0.1) is 24.5 Å². The summed E-state index contributed by atoms with van der Waals surface area (Å²) in [5, 5.41) is 10.5. The Labute approximate surface area is 118 Å². The van der Waals surface area contributed by atoms with Gasteiger partial charge in [-0.25, -0.2) is 0 Å². The summed E-state index contributed by atoms with van der Waals surface area (Å²) in [6, 6.07) is 0. The molecule has 6 nitrogen and oxygen atoms in total. The van der Waals surface area contributed by atoms with Crippen LogP contribution in [0.4, 0.5) is 5.69 Å². The number of rotatable bonds is 4. The van der Waals surface area contributed by atoms with Gasteiger partial charge in [0.2, 0.25) is 5.91 Å². The fourth-order valence-corrected chi connectivity index (χ4v) is 2.85. The first kappa shape index (κ1) is 13.6. The Morgan fingerprint density at radius 2 is 2.30 bits per heavy atom. The number of amides is 1. The van der Waals surface area contributed by atoms with Gasteiger partial charge in [-0.15, -0.1) is 0 Å². The third kappa shape index (κ3) is 3.37. The zero-order chi connectivity index (χ0) is 13.8. The van der Waals surface area contributed by atoms with Crippen LogP contribution in [0.3, 0.4) is 0 Å². The first-order chi connectivity index (χ1) is 9.81. The Morgan fingerprint density at radius 3 is 3.05 bits per heavy atom. The first-order valence-electron chi connectivity index (χ1n) is 7.47. The van der Waals surface area contributed by atoms with Gasteiger partial charge in [0.15, 0.2) is 0 Å². The summed E-state index contributed by atoms with van der Waals surface area (Å²) >= 11 is 0. The molecule has 0 bridgehead atoms. The number of nitrogens with zero attached hydrogens (tertiary/aromatic N) is 2. The predicted octanol–water partition coefficient (Wildman–Crippen LogP) is 1.00. The minimum absolute atomic E-state index is 0.114. The molecule has 0 aromatic carbocycles. The van der Waals surface area contributed by atoms with Gasteiger partial charge in [0.25, 0.3) is 0 Å². The van der Waals surface area contributed by atoms with E-state index in [4.69, 9.17) is 4.74 Å². The van der Waals surface area contributed by atoms with Crippen molar-refractivity contribution in [3.8, 4) is 0 Å². The number of ether oxygens (including phenoxy) is 1. The first-order valence-corrected chi connectivity index (χ1v) is 7.47. The van der Waals surface area contributed by atoms with E-state index in [0.29, 0.717) is 0 Å². The molecule has 6 heteroatoms. The summed E-state index contributed by atoms with van der Waals surface area (Å²) in [5.74, 6) is 0.237. The van der Waals surface area contributed by atoms with Crippen molar-refractivity contribution in [2.75, 3.05) is 25.0 Å². The van der Waals surface area contributed by atoms with Crippen molar-refractivity contribution in [1.82, 2.24) is 15.1 Å². The summed E-state index contributed by atoms with van der Waals surface area (Å²) in [7, 11) is 0.